The molecule has 2 aromatic carbocycles. The highest BCUT2D eigenvalue weighted by Gasteiger charge is 2.27. The number of rotatable bonds is 5. The zero-order valence-corrected chi connectivity index (χ0v) is 15.0. The van der Waals surface area contributed by atoms with Crippen molar-refractivity contribution in [2.24, 2.45) is 4.99 Å². The van der Waals surface area contributed by atoms with E-state index in [9.17, 15) is 9.59 Å². The maximum atomic E-state index is 11.6. The van der Waals surface area contributed by atoms with Crippen LogP contribution in [0, 0.1) is 0 Å². The molecule has 1 aliphatic rings. The third-order valence-electron chi connectivity index (χ3n) is 4.42. The SMILES string of the molecule is CN=C(NCCN1C(=O)CNC1=O)NC(C)c1ccc2ccccc2c1. The number of carbonyl (C=O) groups excluding carboxylic acids is 2. The molecule has 1 heterocycles. The molecule has 136 valence electrons. The van der Waals surface area contributed by atoms with E-state index in [1.54, 1.807) is 7.05 Å². The van der Waals surface area contributed by atoms with Crippen LogP contribution in [0.15, 0.2) is 47.5 Å². The molecule has 7 nitrogen and oxygen atoms in total. The highest BCUT2D eigenvalue weighted by molar-refractivity contribution is 6.02. The van der Waals surface area contributed by atoms with Crippen LogP contribution in [0.2, 0.25) is 0 Å². The van der Waals surface area contributed by atoms with Gasteiger partial charge in [-0.1, -0.05) is 36.4 Å². The van der Waals surface area contributed by atoms with Gasteiger partial charge >= 0.3 is 6.03 Å². The van der Waals surface area contributed by atoms with Gasteiger partial charge in [-0.05, 0) is 29.3 Å². The molecule has 26 heavy (non-hydrogen) atoms. The second kappa shape index (κ2) is 7.86. The summed E-state index contributed by atoms with van der Waals surface area (Å²) < 4.78 is 0. The van der Waals surface area contributed by atoms with E-state index in [-0.39, 0.29) is 24.5 Å². The van der Waals surface area contributed by atoms with Gasteiger partial charge in [0.1, 0.15) is 0 Å². The minimum Gasteiger partial charge on any atom is -0.355 e. The Balaban J connectivity index is 1.56. The smallest absolute Gasteiger partial charge is 0.324 e. The topological polar surface area (TPSA) is 85.8 Å². The van der Waals surface area contributed by atoms with Crippen molar-refractivity contribution in [3.8, 4) is 0 Å². The lowest BCUT2D eigenvalue weighted by Gasteiger charge is -2.20. The monoisotopic (exact) mass is 353 g/mol. The highest BCUT2D eigenvalue weighted by atomic mass is 16.2. The largest absolute Gasteiger partial charge is 0.355 e. The summed E-state index contributed by atoms with van der Waals surface area (Å²) in [6, 6.07) is 14.3. The number of hydrogen-bond acceptors (Lipinski definition) is 3. The molecular weight excluding hydrogens is 330 g/mol. The van der Waals surface area contributed by atoms with Crippen LogP contribution in [-0.4, -0.2) is 49.5 Å². The fraction of sp³-hybridized carbons (Fsp3) is 0.316. The first kappa shape index (κ1) is 17.7. The van der Waals surface area contributed by atoms with E-state index in [1.165, 1.54) is 15.7 Å². The molecule has 1 atom stereocenters. The molecule has 3 rings (SSSR count). The van der Waals surface area contributed by atoms with Crippen molar-refractivity contribution in [3.63, 3.8) is 0 Å². The van der Waals surface area contributed by atoms with Gasteiger partial charge in [-0.3, -0.25) is 14.7 Å². The Morgan fingerprint density at radius 2 is 2.00 bits per heavy atom. The van der Waals surface area contributed by atoms with E-state index in [2.05, 4.69) is 58.2 Å². The lowest BCUT2D eigenvalue weighted by molar-refractivity contribution is -0.124. The van der Waals surface area contributed by atoms with E-state index in [0.717, 1.165) is 5.56 Å². The van der Waals surface area contributed by atoms with Crippen molar-refractivity contribution in [3.05, 3.63) is 48.0 Å². The maximum absolute atomic E-state index is 11.6. The average Bonchev–Trinajstić information content (AvgIpc) is 2.98. The maximum Gasteiger partial charge on any atom is 0.324 e. The van der Waals surface area contributed by atoms with Crippen molar-refractivity contribution in [1.82, 2.24) is 20.9 Å². The molecule has 0 saturated carbocycles. The lowest BCUT2D eigenvalue weighted by atomic mass is 10.0. The second-order valence-electron chi connectivity index (χ2n) is 6.18. The Bertz CT molecular complexity index is 833. The number of amides is 3. The molecule has 1 aliphatic heterocycles. The Kier molecular flexibility index (Phi) is 5.36. The van der Waals surface area contributed by atoms with Crippen LogP contribution >= 0.6 is 0 Å². The normalized spacial score (nSPS) is 15.9. The number of aliphatic imine (C=N–C) groups is 1. The molecule has 0 bridgehead atoms. The number of nitrogens with zero attached hydrogens (tertiary/aromatic N) is 2. The fourth-order valence-electron chi connectivity index (χ4n) is 2.93. The Labute approximate surface area is 152 Å². The molecule has 1 unspecified atom stereocenters. The van der Waals surface area contributed by atoms with Gasteiger partial charge in [0.25, 0.3) is 0 Å². The minimum atomic E-state index is -0.343. The quantitative estimate of drug-likeness (QED) is 0.433. The molecule has 1 fully saturated rings. The number of hydrogen-bond donors (Lipinski definition) is 3. The average molecular weight is 353 g/mol. The van der Waals surface area contributed by atoms with E-state index in [0.29, 0.717) is 19.0 Å². The first-order valence-electron chi connectivity index (χ1n) is 8.62. The molecule has 0 spiro atoms. The fourth-order valence-corrected chi connectivity index (χ4v) is 2.93. The summed E-state index contributed by atoms with van der Waals surface area (Å²) in [5.41, 5.74) is 1.15. The van der Waals surface area contributed by atoms with Crippen molar-refractivity contribution >= 4 is 28.7 Å². The molecule has 7 heteroatoms. The number of nitrogens with one attached hydrogen (secondary N) is 3. The number of fused-ring (bicyclic) bond motifs is 1. The molecular formula is C19H23N5O2. The second-order valence-corrected chi connectivity index (χ2v) is 6.18. The third-order valence-corrected chi connectivity index (χ3v) is 4.42. The van der Waals surface area contributed by atoms with Gasteiger partial charge in [0.2, 0.25) is 5.91 Å². The van der Waals surface area contributed by atoms with Crippen molar-refractivity contribution < 1.29 is 9.59 Å². The van der Waals surface area contributed by atoms with Crippen LogP contribution in [0.3, 0.4) is 0 Å². The van der Waals surface area contributed by atoms with Gasteiger partial charge in [-0.25, -0.2) is 4.79 Å². The molecule has 0 aromatic heterocycles. The van der Waals surface area contributed by atoms with E-state index in [1.807, 2.05) is 12.1 Å². The zero-order chi connectivity index (χ0) is 18.5. The third kappa shape index (κ3) is 3.93. The molecule has 2 aromatic rings. The van der Waals surface area contributed by atoms with Crippen molar-refractivity contribution in [1.29, 1.82) is 0 Å². The summed E-state index contributed by atoms with van der Waals surface area (Å²) in [5.74, 6) is 0.419. The van der Waals surface area contributed by atoms with Crippen LogP contribution < -0.4 is 16.0 Å². The Morgan fingerprint density at radius 1 is 1.23 bits per heavy atom. The minimum absolute atomic E-state index is 0.0579. The lowest BCUT2D eigenvalue weighted by Crippen LogP contribution is -2.43. The van der Waals surface area contributed by atoms with Gasteiger partial charge in [-0.15, -0.1) is 0 Å². The van der Waals surface area contributed by atoms with Gasteiger partial charge in [0, 0.05) is 20.1 Å². The molecule has 1 saturated heterocycles. The van der Waals surface area contributed by atoms with Gasteiger partial charge in [-0.2, -0.15) is 0 Å². The van der Waals surface area contributed by atoms with Crippen LogP contribution in [0.5, 0.6) is 0 Å². The van der Waals surface area contributed by atoms with Crippen LogP contribution in [0.25, 0.3) is 10.8 Å². The first-order valence-corrected chi connectivity index (χ1v) is 8.62. The zero-order valence-electron chi connectivity index (χ0n) is 15.0. The summed E-state index contributed by atoms with van der Waals surface area (Å²) >= 11 is 0. The van der Waals surface area contributed by atoms with Gasteiger partial charge in [0.05, 0.1) is 12.6 Å². The van der Waals surface area contributed by atoms with Gasteiger partial charge < -0.3 is 16.0 Å². The number of imide groups is 1. The van der Waals surface area contributed by atoms with E-state index >= 15 is 0 Å². The Morgan fingerprint density at radius 3 is 2.69 bits per heavy atom. The van der Waals surface area contributed by atoms with Crippen LogP contribution in [-0.2, 0) is 4.79 Å². The predicted octanol–water partition coefficient (Wildman–Crippen LogP) is 1.62. The summed E-state index contributed by atoms with van der Waals surface area (Å²) in [6.07, 6.45) is 0. The van der Waals surface area contributed by atoms with Crippen molar-refractivity contribution in [2.45, 2.75) is 13.0 Å². The van der Waals surface area contributed by atoms with Gasteiger partial charge in [0.15, 0.2) is 5.96 Å². The number of urea groups is 1. The first-order chi connectivity index (χ1) is 12.6. The standard InChI is InChI=1S/C19H23N5O2/c1-13(15-8-7-14-5-3-4-6-16(14)11-15)23-18(20-2)21-9-10-24-17(25)12-22-19(24)26/h3-8,11,13H,9-10,12H2,1-2H3,(H,22,26)(H2,20,21,23). The molecule has 0 aliphatic carbocycles. The molecule has 3 amide bonds. The molecule has 3 N–H and O–H groups in total. The Hall–Kier alpha value is -3.09. The highest BCUT2D eigenvalue weighted by Crippen LogP contribution is 2.20. The predicted molar refractivity (Wildman–Crippen MR) is 102 cm³/mol. The summed E-state index contributed by atoms with van der Waals surface area (Å²) in [5, 5.41) is 11.4. The van der Waals surface area contributed by atoms with Crippen molar-refractivity contribution in [2.75, 3.05) is 26.7 Å². The van der Waals surface area contributed by atoms with Crippen LogP contribution in [0.1, 0.15) is 18.5 Å². The summed E-state index contributed by atoms with van der Waals surface area (Å²) in [4.78, 5) is 28.5. The summed E-state index contributed by atoms with van der Waals surface area (Å²) in [7, 11) is 1.69. The number of benzene rings is 2. The number of guanidine groups is 1. The molecule has 0 radical (unpaired) electrons. The van der Waals surface area contributed by atoms with E-state index < -0.39 is 0 Å². The number of carbonyl (C=O) groups is 2. The van der Waals surface area contributed by atoms with E-state index in [4.69, 9.17) is 0 Å². The summed E-state index contributed by atoms with van der Waals surface area (Å²) in [6.45, 7) is 2.87. The van der Waals surface area contributed by atoms with Crippen LogP contribution in [0.4, 0.5) is 4.79 Å².